The SMILES string of the molecule is Cc1cc(C(C)Nc2ccc3c(c2)Sc2cccc(C4CN(c5ccc[nH]c5=O)CCO4)c2S3)ncn1. The van der Waals surface area contributed by atoms with Gasteiger partial charge in [-0.1, -0.05) is 35.7 Å². The highest BCUT2D eigenvalue weighted by Crippen LogP contribution is 2.52. The Morgan fingerprint density at radius 3 is 2.86 bits per heavy atom. The highest BCUT2D eigenvalue weighted by molar-refractivity contribution is 8.05. The lowest BCUT2D eigenvalue weighted by Crippen LogP contribution is -2.41. The summed E-state index contributed by atoms with van der Waals surface area (Å²) in [5.41, 5.74) is 4.80. The number of H-pyrrole nitrogens is 1. The first-order valence-corrected chi connectivity index (χ1v) is 13.9. The number of ether oxygens (including phenoxy) is 1. The van der Waals surface area contributed by atoms with Crippen LogP contribution in [0.3, 0.4) is 0 Å². The Morgan fingerprint density at radius 2 is 2.00 bits per heavy atom. The third-order valence-corrected chi connectivity index (χ3v) is 9.20. The number of rotatable bonds is 5. The molecule has 1 fully saturated rings. The highest BCUT2D eigenvalue weighted by atomic mass is 32.2. The number of nitrogens with zero attached hydrogens (tertiary/aromatic N) is 3. The molecule has 188 valence electrons. The van der Waals surface area contributed by atoms with Crippen LogP contribution in [-0.4, -0.2) is 34.6 Å². The van der Waals surface area contributed by atoms with Crippen molar-refractivity contribution in [2.45, 2.75) is 45.6 Å². The Morgan fingerprint density at radius 1 is 1.08 bits per heavy atom. The van der Waals surface area contributed by atoms with Gasteiger partial charge in [0.05, 0.1) is 18.3 Å². The summed E-state index contributed by atoms with van der Waals surface area (Å²) >= 11 is 3.58. The van der Waals surface area contributed by atoms with E-state index in [-0.39, 0.29) is 17.7 Å². The molecule has 2 unspecified atom stereocenters. The van der Waals surface area contributed by atoms with E-state index in [0.29, 0.717) is 25.4 Å². The molecular weight excluding hydrogens is 502 g/mol. The van der Waals surface area contributed by atoms with Crippen molar-refractivity contribution in [3.63, 3.8) is 0 Å². The van der Waals surface area contributed by atoms with Gasteiger partial charge < -0.3 is 19.9 Å². The molecule has 7 nitrogen and oxygen atoms in total. The third-order valence-electron chi connectivity index (χ3n) is 6.59. The van der Waals surface area contributed by atoms with Crippen molar-refractivity contribution >= 4 is 34.9 Å². The first-order chi connectivity index (χ1) is 18.0. The average molecular weight is 530 g/mol. The van der Waals surface area contributed by atoms with Gasteiger partial charge >= 0.3 is 0 Å². The van der Waals surface area contributed by atoms with Crippen molar-refractivity contribution in [2.75, 3.05) is 29.9 Å². The Balaban J connectivity index is 1.22. The molecule has 0 bridgehead atoms. The zero-order valence-electron chi connectivity index (χ0n) is 20.6. The van der Waals surface area contributed by atoms with E-state index < -0.39 is 0 Å². The molecule has 2 N–H and O–H groups in total. The molecule has 9 heteroatoms. The highest BCUT2D eigenvalue weighted by Gasteiger charge is 2.29. The lowest BCUT2D eigenvalue weighted by Gasteiger charge is -2.35. The van der Waals surface area contributed by atoms with Crippen LogP contribution in [0.25, 0.3) is 0 Å². The molecule has 4 aromatic rings. The van der Waals surface area contributed by atoms with Crippen molar-refractivity contribution < 1.29 is 4.74 Å². The van der Waals surface area contributed by atoms with Crippen molar-refractivity contribution in [3.8, 4) is 0 Å². The minimum atomic E-state index is -0.101. The minimum absolute atomic E-state index is 0.0642. The van der Waals surface area contributed by atoms with Crippen LogP contribution in [-0.2, 0) is 4.74 Å². The Kier molecular flexibility index (Phi) is 6.67. The second-order valence-electron chi connectivity index (χ2n) is 9.18. The van der Waals surface area contributed by atoms with Gasteiger partial charge in [0.15, 0.2) is 0 Å². The summed E-state index contributed by atoms with van der Waals surface area (Å²) in [6, 6.07) is 18.8. The molecule has 2 aromatic carbocycles. The average Bonchev–Trinajstić information content (AvgIpc) is 2.92. The van der Waals surface area contributed by atoms with Gasteiger partial charge in [0.1, 0.15) is 18.1 Å². The molecule has 6 rings (SSSR count). The van der Waals surface area contributed by atoms with Gasteiger partial charge in [0.25, 0.3) is 5.56 Å². The lowest BCUT2D eigenvalue weighted by atomic mass is 10.1. The van der Waals surface area contributed by atoms with E-state index in [4.69, 9.17) is 4.74 Å². The molecule has 0 amide bonds. The fourth-order valence-corrected chi connectivity index (χ4v) is 7.17. The molecule has 0 spiro atoms. The number of hydrogen-bond donors (Lipinski definition) is 2. The minimum Gasteiger partial charge on any atom is -0.377 e. The number of hydrogen-bond acceptors (Lipinski definition) is 8. The number of aromatic amines is 1. The summed E-state index contributed by atoms with van der Waals surface area (Å²) in [5.74, 6) is 0. The number of aromatic nitrogens is 3. The number of nitrogens with one attached hydrogen (secondary N) is 2. The van der Waals surface area contributed by atoms with Crippen LogP contribution in [0.1, 0.15) is 36.0 Å². The number of aryl methyl sites for hydroxylation is 1. The maximum absolute atomic E-state index is 12.4. The van der Waals surface area contributed by atoms with Crippen molar-refractivity contribution in [2.24, 2.45) is 0 Å². The van der Waals surface area contributed by atoms with Gasteiger partial charge in [-0.3, -0.25) is 4.79 Å². The topological polar surface area (TPSA) is 83.1 Å². The Labute approximate surface area is 224 Å². The van der Waals surface area contributed by atoms with Crippen LogP contribution in [0.2, 0.25) is 0 Å². The first kappa shape index (κ1) is 24.1. The van der Waals surface area contributed by atoms with Crippen LogP contribution in [0, 0.1) is 6.92 Å². The monoisotopic (exact) mass is 529 g/mol. The fraction of sp³-hybridized carbons (Fsp3) is 0.250. The van der Waals surface area contributed by atoms with Crippen LogP contribution < -0.4 is 15.8 Å². The van der Waals surface area contributed by atoms with Gasteiger partial charge in [-0.2, -0.15) is 0 Å². The number of anilines is 2. The molecule has 2 atom stereocenters. The summed E-state index contributed by atoms with van der Waals surface area (Å²) in [7, 11) is 0. The zero-order chi connectivity index (χ0) is 25.4. The van der Waals surface area contributed by atoms with E-state index in [0.717, 1.165) is 17.1 Å². The predicted molar refractivity (Wildman–Crippen MR) is 148 cm³/mol. The van der Waals surface area contributed by atoms with Gasteiger partial charge in [0, 0.05) is 50.2 Å². The van der Waals surface area contributed by atoms with E-state index in [9.17, 15) is 4.79 Å². The molecule has 0 saturated carbocycles. The lowest BCUT2D eigenvalue weighted by molar-refractivity contribution is 0.0378. The molecule has 1 saturated heterocycles. The predicted octanol–water partition coefficient (Wildman–Crippen LogP) is 5.84. The molecule has 0 radical (unpaired) electrons. The molecule has 2 aromatic heterocycles. The van der Waals surface area contributed by atoms with E-state index in [1.54, 1.807) is 36.0 Å². The van der Waals surface area contributed by atoms with E-state index in [2.05, 4.69) is 68.5 Å². The van der Waals surface area contributed by atoms with Crippen LogP contribution in [0.4, 0.5) is 11.4 Å². The standard InChI is InChI=1S/C28H27N5O2S2/c1-17-13-21(31-16-30-17)18(2)32-19-8-9-24-26(14-19)36-25-7-3-5-20(27(25)37-24)23-15-33(11-12-35-23)22-6-4-10-29-28(22)34/h3-10,13-14,16,18,23,32H,11-12,15H2,1-2H3,(H,29,34). The summed E-state index contributed by atoms with van der Waals surface area (Å²) in [4.78, 5) is 30.8. The molecule has 37 heavy (non-hydrogen) atoms. The second kappa shape index (κ2) is 10.2. The van der Waals surface area contributed by atoms with E-state index in [1.165, 1.54) is 25.1 Å². The van der Waals surface area contributed by atoms with Gasteiger partial charge in [-0.05, 0) is 61.9 Å². The van der Waals surface area contributed by atoms with Crippen LogP contribution in [0.15, 0.2) is 91.5 Å². The van der Waals surface area contributed by atoms with Gasteiger partial charge in [0.2, 0.25) is 0 Å². The summed E-state index contributed by atoms with van der Waals surface area (Å²) in [6.45, 7) is 6.02. The van der Waals surface area contributed by atoms with Gasteiger partial charge in [-0.25, -0.2) is 9.97 Å². The van der Waals surface area contributed by atoms with E-state index >= 15 is 0 Å². The van der Waals surface area contributed by atoms with Crippen molar-refractivity contribution in [1.82, 2.24) is 15.0 Å². The maximum Gasteiger partial charge on any atom is 0.271 e. The number of pyridine rings is 1. The molecule has 2 aliphatic heterocycles. The Bertz CT molecular complexity index is 1510. The van der Waals surface area contributed by atoms with Crippen molar-refractivity contribution in [1.29, 1.82) is 0 Å². The molecule has 4 heterocycles. The Hall–Kier alpha value is -3.27. The third kappa shape index (κ3) is 4.99. The number of fused-ring (bicyclic) bond motifs is 2. The van der Waals surface area contributed by atoms with Crippen LogP contribution in [0.5, 0.6) is 0 Å². The summed E-state index contributed by atoms with van der Waals surface area (Å²) in [6.07, 6.45) is 3.18. The largest absolute Gasteiger partial charge is 0.377 e. The fourth-order valence-electron chi connectivity index (χ4n) is 4.72. The van der Waals surface area contributed by atoms with Gasteiger partial charge in [-0.15, -0.1) is 0 Å². The normalized spacial score (nSPS) is 17.6. The number of morpholine rings is 1. The smallest absolute Gasteiger partial charge is 0.271 e. The zero-order valence-corrected chi connectivity index (χ0v) is 22.2. The van der Waals surface area contributed by atoms with E-state index in [1.807, 2.05) is 25.1 Å². The number of benzene rings is 2. The summed E-state index contributed by atoms with van der Waals surface area (Å²) < 4.78 is 6.23. The second-order valence-corrected chi connectivity index (χ2v) is 11.3. The molecular formula is C28H27N5O2S2. The first-order valence-electron chi connectivity index (χ1n) is 12.3. The van der Waals surface area contributed by atoms with Crippen LogP contribution >= 0.6 is 23.5 Å². The molecule has 0 aliphatic carbocycles. The molecule has 2 aliphatic rings. The quantitative estimate of drug-likeness (QED) is 0.294. The van der Waals surface area contributed by atoms with Crippen molar-refractivity contribution in [3.05, 3.63) is 94.4 Å². The summed E-state index contributed by atoms with van der Waals surface area (Å²) in [5, 5.41) is 3.58. The maximum atomic E-state index is 12.4.